The van der Waals surface area contributed by atoms with E-state index >= 15 is 0 Å². The number of Topliss-reactive ketones (excluding diaryl/α,β-unsaturated/α-hetero) is 1. The second kappa shape index (κ2) is 4.61. The molecule has 1 aromatic heterocycles. The Morgan fingerprint density at radius 2 is 2.21 bits per heavy atom. The molecule has 0 radical (unpaired) electrons. The van der Waals surface area contributed by atoms with E-state index in [1.54, 1.807) is 6.92 Å². The number of aryl methyl sites for hydroxylation is 1. The molecule has 6 heteroatoms. The fraction of sp³-hybridized carbons (Fsp3) is 0.231. The first-order valence-corrected chi connectivity index (χ1v) is 7.25. The first-order valence-electron chi connectivity index (χ1n) is 5.64. The minimum absolute atomic E-state index is 0.0426. The van der Waals surface area contributed by atoms with Crippen LogP contribution in [0.1, 0.15) is 22.3 Å². The van der Waals surface area contributed by atoms with Gasteiger partial charge in [-0.05, 0) is 35.0 Å². The van der Waals surface area contributed by atoms with Gasteiger partial charge in [0.2, 0.25) is 6.79 Å². The summed E-state index contributed by atoms with van der Waals surface area (Å²) >= 11 is 4.85. The second-order valence-corrected chi connectivity index (χ2v) is 6.04. The zero-order chi connectivity index (χ0) is 13.6. The monoisotopic (exact) mass is 339 g/mol. The van der Waals surface area contributed by atoms with Crippen LogP contribution in [0.15, 0.2) is 16.6 Å². The molecule has 0 aliphatic carbocycles. The van der Waals surface area contributed by atoms with Gasteiger partial charge in [0.15, 0.2) is 17.3 Å². The molecular formula is C13H10BrNO3S. The lowest BCUT2D eigenvalue weighted by Gasteiger charge is -2.02. The SMILES string of the molecule is CC(=O)c1sc(-c2cc(Br)c3c(c2)OCO3)nc1C. The van der Waals surface area contributed by atoms with Gasteiger partial charge < -0.3 is 9.47 Å². The third kappa shape index (κ3) is 2.15. The van der Waals surface area contributed by atoms with E-state index in [2.05, 4.69) is 20.9 Å². The summed E-state index contributed by atoms with van der Waals surface area (Å²) in [5.74, 6) is 1.45. The van der Waals surface area contributed by atoms with Crippen LogP contribution in [0.5, 0.6) is 11.5 Å². The molecule has 4 nitrogen and oxygen atoms in total. The summed E-state index contributed by atoms with van der Waals surface area (Å²) in [5.41, 5.74) is 1.68. The Hall–Kier alpha value is -1.40. The van der Waals surface area contributed by atoms with Crippen LogP contribution in [0, 0.1) is 6.92 Å². The Kier molecular flexibility index (Phi) is 3.06. The molecule has 0 saturated carbocycles. The van der Waals surface area contributed by atoms with Crippen LogP contribution in [-0.2, 0) is 0 Å². The number of hydrogen-bond donors (Lipinski definition) is 0. The Labute approximate surface area is 122 Å². The molecule has 0 saturated heterocycles. The van der Waals surface area contributed by atoms with E-state index in [0.29, 0.717) is 16.4 Å². The molecule has 3 rings (SSSR count). The van der Waals surface area contributed by atoms with E-state index in [1.807, 2.05) is 19.1 Å². The number of hydrogen-bond acceptors (Lipinski definition) is 5. The van der Waals surface area contributed by atoms with E-state index in [1.165, 1.54) is 11.3 Å². The van der Waals surface area contributed by atoms with Gasteiger partial charge in [0.1, 0.15) is 5.01 Å². The lowest BCUT2D eigenvalue weighted by molar-refractivity contribution is 0.102. The molecule has 0 atom stereocenters. The summed E-state index contributed by atoms with van der Waals surface area (Å²) in [5, 5.41) is 0.807. The minimum Gasteiger partial charge on any atom is -0.454 e. The van der Waals surface area contributed by atoms with Crippen molar-refractivity contribution in [3.05, 3.63) is 27.2 Å². The van der Waals surface area contributed by atoms with Crippen molar-refractivity contribution < 1.29 is 14.3 Å². The Morgan fingerprint density at radius 3 is 2.89 bits per heavy atom. The van der Waals surface area contributed by atoms with Crippen molar-refractivity contribution in [3.8, 4) is 22.1 Å². The third-order valence-electron chi connectivity index (χ3n) is 2.79. The maximum atomic E-state index is 11.5. The smallest absolute Gasteiger partial charge is 0.231 e. The van der Waals surface area contributed by atoms with Crippen LogP contribution in [0.25, 0.3) is 10.6 Å². The summed E-state index contributed by atoms with van der Waals surface area (Å²) < 4.78 is 11.6. The van der Waals surface area contributed by atoms with Gasteiger partial charge in [0.25, 0.3) is 0 Å². The van der Waals surface area contributed by atoms with Gasteiger partial charge in [-0.25, -0.2) is 4.98 Å². The predicted octanol–water partition coefficient (Wildman–Crippen LogP) is 3.81. The molecule has 0 bridgehead atoms. The third-order valence-corrected chi connectivity index (χ3v) is 4.69. The number of aromatic nitrogens is 1. The van der Waals surface area contributed by atoms with E-state index < -0.39 is 0 Å². The molecule has 2 aromatic rings. The number of rotatable bonds is 2. The lowest BCUT2D eigenvalue weighted by atomic mass is 10.2. The fourth-order valence-electron chi connectivity index (χ4n) is 1.94. The molecule has 1 aromatic carbocycles. The molecule has 19 heavy (non-hydrogen) atoms. The highest BCUT2D eigenvalue weighted by Crippen LogP contribution is 2.43. The van der Waals surface area contributed by atoms with Crippen LogP contribution in [-0.4, -0.2) is 17.6 Å². The molecule has 0 amide bonds. The quantitative estimate of drug-likeness (QED) is 0.780. The normalized spacial score (nSPS) is 12.8. The summed E-state index contributed by atoms with van der Waals surface area (Å²) in [6.45, 7) is 3.63. The average Bonchev–Trinajstić information content (AvgIpc) is 2.94. The van der Waals surface area contributed by atoms with Crippen molar-refractivity contribution >= 4 is 33.0 Å². The number of ketones is 1. The number of thiazole rings is 1. The molecular weight excluding hydrogens is 330 g/mol. The Bertz CT molecular complexity index is 681. The zero-order valence-electron chi connectivity index (χ0n) is 10.3. The Morgan fingerprint density at radius 1 is 1.42 bits per heavy atom. The molecule has 2 heterocycles. The lowest BCUT2D eigenvalue weighted by Crippen LogP contribution is -1.93. The number of benzene rings is 1. The van der Waals surface area contributed by atoms with Gasteiger partial charge in [-0.1, -0.05) is 0 Å². The predicted molar refractivity (Wildman–Crippen MR) is 76.1 cm³/mol. The van der Waals surface area contributed by atoms with E-state index in [4.69, 9.17) is 9.47 Å². The van der Waals surface area contributed by atoms with Crippen molar-refractivity contribution in [2.75, 3.05) is 6.79 Å². The number of fused-ring (bicyclic) bond motifs is 1. The molecule has 0 fully saturated rings. The van der Waals surface area contributed by atoms with Crippen LogP contribution in [0.4, 0.5) is 0 Å². The van der Waals surface area contributed by atoms with E-state index in [9.17, 15) is 4.79 Å². The maximum absolute atomic E-state index is 11.5. The van der Waals surface area contributed by atoms with Crippen molar-refractivity contribution in [3.63, 3.8) is 0 Å². The number of nitrogens with zero attached hydrogens (tertiary/aromatic N) is 1. The summed E-state index contributed by atoms with van der Waals surface area (Å²) in [4.78, 5) is 16.6. The van der Waals surface area contributed by atoms with Gasteiger partial charge in [-0.3, -0.25) is 4.79 Å². The molecule has 1 aliphatic rings. The molecule has 0 unspecified atom stereocenters. The second-order valence-electron chi connectivity index (χ2n) is 4.18. The van der Waals surface area contributed by atoms with Gasteiger partial charge in [0.05, 0.1) is 15.0 Å². The first-order chi connectivity index (χ1) is 9.06. The highest BCUT2D eigenvalue weighted by atomic mass is 79.9. The van der Waals surface area contributed by atoms with Crippen molar-refractivity contribution in [2.45, 2.75) is 13.8 Å². The minimum atomic E-state index is 0.0426. The summed E-state index contributed by atoms with van der Waals surface area (Å²) in [6.07, 6.45) is 0. The van der Waals surface area contributed by atoms with Crippen LogP contribution >= 0.6 is 27.3 Å². The highest BCUT2D eigenvalue weighted by molar-refractivity contribution is 9.10. The van der Waals surface area contributed by atoms with Crippen molar-refractivity contribution in [1.29, 1.82) is 0 Å². The maximum Gasteiger partial charge on any atom is 0.231 e. The molecule has 1 aliphatic heterocycles. The number of ether oxygens (including phenoxy) is 2. The topological polar surface area (TPSA) is 48.4 Å². The largest absolute Gasteiger partial charge is 0.454 e. The number of carbonyl (C=O) groups is 1. The molecule has 98 valence electrons. The molecule has 0 N–H and O–H groups in total. The van der Waals surface area contributed by atoms with Crippen LogP contribution in [0.3, 0.4) is 0 Å². The summed E-state index contributed by atoms with van der Waals surface area (Å²) in [6, 6.07) is 3.81. The fourth-order valence-corrected chi connectivity index (χ4v) is 3.44. The number of halogens is 1. The standard InChI is InChI=1S/C13H10BrNO3S/c1-6-12(7(2)16)19-13(15-6)8-3-9(14)11-10(4-8)17-5-18-11/h3-4H,5H2,1-2H3. The Balaban J connectivity index is 2.10. The van der Waals surface area contributed by atoms with Gasteiger partial charge in [-0.2, -0.15) is 0 Å². The number of carbonyl (C=O) groups excluding carboxylic acids is 1. The van der Waals surface area contributed by atoms with E-state index in [-0.39, 0.29) is 12.6 Å². The molecule has 0 spiro atoms. The van der Waals surface area contributed by atoms with Crippen LogP contribution < -0.4 is 9.47 Å². The highest BCUT2D eigenvalue weighted by Gasteiger charge is 2.20. The average molecular weight is 340 g/mol. The van der Waals surface area contributed by atoms with Gasteiger partial charge >= 0.3 is 0 Å². The zero-order valence-corrected chi connectivity index (χ0v) is 12.7. The van der Waals surface area contributed by atoms with E-state index in [0.717, 1.165) is 20.7 Å². The van der Waals surface area contributed by atoms with Crippen molar-refractivity contribution in [2.24, 2.45) is 0 Å². The summed E-state index contributed by atoms with van der Waals surface area (Å²) in [7, 11) is 0. The van der Waals surface area contributed by atoms with Crippen molar-refractivity contribution in [1.82, 2.24) is 4.98 Å². The first kappa shape index (κ1) is 12.6. The van der Waals surface area contributed by atoms with Gasteiger partial charge in [0, 0.05) is 12.5 Å². The van der Waals surface area contributed by atoms with Gasteiger partial charge in [-0.15, -0.1) is 11.3 Å². The van der Waals surface area contributed by atoms with Crippen LogP contribution in [0.2, 0.25) is 0 Å².